The molecule has 8 nitrogen and oxygen atoms in total. The van der Waals surface area contributed by atoms with Gasteiger partial charge in [-0.2, -0.15) is 9.97 Å². The van der Waals surface area contributed by atoms with Crippen LogP contribution in [0, 0.1) is 5.82 Å². The molecule has 1 fully saturated rings. The molecule has 2 unspecified atom stereocenters. The summed E-state index contributed by atoms with van der Waals surface area (Å²) in [5, 5.41) is 2.86. The second-order valence-electron chi connectivity index (χ2n) is 6.96. The number of halogens is 4. The van der Waals surface area contributed by atoms with Gasteiger partial charge in [0.25, 0.3) is 6.43 Å². The fourth-order valence-electron chi connectivity index (χ4n) is 3.30. The third-order valence-corrected chi connectivity index (χ3v) is 4.84. The predicted octanol–water partition coefficient (Wildman–Crippen LogP) is 4.35. The average Bonchev–Trinajstić information content (AvgIpc) is 3.32. The van der Waals surface area contributed by atoms with E-state index in [0.29, 0.717) is 0 Å². The normalized spacial score (nSPS) is 16.0. The number of hydrogen-bond acceptors (Lipinski definition) is 8. The molecule has 0 amide bonds. The first-order valence-corrected chi connectivity index (χ1v) is 10.1. The number of nitrogens with one attached hydrogen (secondary N) is 1. The molecule has 12 heteroatoms. The second kappa shape index (κ2) is 10.8. The van der Waals surface area contributed by atoms with E-state index in [4.69, 9.17) is 18.9 Å². The van der Waals surface area contributed by atoms with E-state index < -0.39 is 48.0 Å². The lowest BCUT2D eigenvalue weighted by Gasteiger charge is -2.23. The molecule has 1 aliphatic heterocycles. The lowest BCUT2D eigenvalue weighted by atomic mass is 10.0. The quantitative estimate of drug-likeness (QED) is 0.425. The first-order chi connectivity index (χ1) is 15.8. The summed E-state index contributed by atoms with van der Waals surface area (Å²) in [4.78, 5) is 20.2. The molecule has 0 bridgehead atoms. The Morgan fingerprint density at radius 1 is 1.21 bits per heavy atom. The maximum Gasteiger partial charge on any atom is 0.347 e. The van der Waals surface area contributed by atoms with Crippen molar-refractivity contribution in [2.45, 2.75) is 38.8 Å². The SMILES string of the molecule is CCOC(=O)C(F)c1nc(OC)nc(NC(C)c2cccc(C(F)F)c2F)c1C1OCCO1. The zero-order valence-corrected chi connectivity index (χ0v) is 18.1. The van der Waals surface area contributed by atoms with E-state index in [1.54, 1.807) is 0 Å². The number of rotatable bonds is 9. The topological polar surface area (TPSA) is 91.8 Å². The van der Waals surface area contributed by atoms with Crippen molar-refractivity contribution in [1.29, 1.82) is 0 Å². The van der Waals surface area contributed by atoms with Crippen LogP contribution in [0.3, 0.4) is 0 Å². The number of carbonyl (C=O) groups excluding carboxylic acids is 1. The minimum absolute atomic E-state index is 0.0499. The van der Waals surface area contributed by atoms with E-state index in [9.17, 15) is 18.0 Å². The summed E-state index contributed by atoms with van der Waals surface area (Å²) < 4.78 is 76.7. The molecule has 0 spiro atoms. The van der Waals surface area contributed by atoms with E-state index >= 15 is 4.39 Å². The number of esters is 1. The molecule has 2 atom stereocenters. The molecule has 1 N–H and O–H groups in total. The van der Waals surface area contributed by atoms with Gasteiger partial charge in [-0.3, -0.25) is 0 Å². The first-order valence-electron chi connectivity index (χ1n) is 10.1. The Bertz CT molecular complexity index is 989. The number of ether oxygens (including phenoxy) is 4. The van der Waals surface area contributed by atoms with Gasteiger partial charge in [0.05, 0.1) is 44.1 Å². The first kappa shape index (κ1) is 24.6. The highest BCUT2D eigenvalue weighted by molar-refractivity contribution is 5.77. The molecular formula is C21H23F4N3O5. The van der Waals surface area contributed by atoms with Crippen LogP contribution >= 0.6 is 0 Å². The third-order valence-electron chi connectivity index (χ3n) is 4.84. The molecular weight excluding hydrogens is 450 g/mol. The fourth-order valence-corrected chi connectivity index (χ4v) is 3.30. The van der Waals surface area contributed by atoms with E-state index in [1.807, 2.05) is 0 Å². The molecule has 1 aromatic heterocycles. The smallest absolute Gasteiger partial charge is 0.347 e. The van der Waals surface area contributed by atoms with Crippen LogP contribution in [0.1, 0.15) is 61.2 Å². The number of hydrogen-bond donors (Lipinski definition) is 1. The van der Waals surface area contributed by atoms with Gasteiger partial charge in [-0.1, -0.05) is 18.2 Å². The zero-order chi connectivity index (χ0) is 24.1. The molecule has 33 heavy (non-hydrogen) atoms. The monoisotopic (exact) mass is 473 g/mol. The van der Waals surface area contributed by atoms with Gasteiger partial charge in [0.1, 0.15) is 17.3 Å². The van der Waals surface area contributed by atoms with Gasteiger partial charge in [0, 0.05) is 5.56 Å². The van der Waals surface area contributed by atoms with Crippen LogP contribution in [0.4, 0.5) is 23.4 Å². The molecule has 2 heterocycles. The van der Waals surface area contributed by atoms with Gasteiger partial charge < -0.3 is 24.3 Å². The summed E-state index contributed by atoms with van der Waals surface area (Å²) in [5.74, 6) is -2.35. The Morgan fingerprint density at radius 3 is 2.48 bits per heavy atom. The highest BCUT2D eigenvalue weighted by Crippen LogP contribution is 2.38. The van der Waals surface area contributed by atoms with Gasteiger partial charge in [-0.05, 0) is 13.8 Å². The number of alkyl halides is 3. The van der Waals surface area contributed by atoms with E-state index in [0.717, 1.165) is 6.07 Å². The van der Waals surface area contributed by atoms with Gasteiger partial charge in [-0.25, -0.2) is 22.4 Å². The van der Waals surface area contributed by atoms with Crippen LogP contribution < -0.4 is 10.1 Å². The molecule has 180 valence electrons. The number of nitrogens with zero attached hydrogens (tertiary/aromatic N) is 2. The molecule has 2 aromatic rings. The summed E-state index contributed by atoms with van der Waals surface area (Å²) in [6, 6.07) is 2.41. The van der Waals surface area contributed by atoms with Crippen LogP contribution in [0.15, 0.2) is 18.2 Å². The van der Waals surface area contributed by atoms with Gasteiger partial charge in [0.15, 0.2) is 6.29 Å². The van der Waals surface area contributed by atoms with Crippen molar-refractivity contribution in [2.75, 3.05) is 32.2 Å². The van der Waals surface area contributed by atoms with Gasteiger partial charge in [0.2, 0.25) is 6.17 Å². The Labute approximate surface area is 187 Å². The summed E-state index contributed by atoms with van der Waals surface area (Å²) >= 11 is 0. The maximum atomic E-state index is 15.1. The minimum Gasteiger partial charge on any atom is -0.467 e. The molecule has 3 rings (SSSR count). The highest BCUT2D eigenvalue weighted by atomic mass is 19.3. The Balaban J connectivity index is 2.07. The van der Waals surface area contributed by atoms with Gasteiger partial charge >= 0.3 is 12.0 Å². The van der Waals surface area contributed by atoms with Crippen LogP contribution in [-0.2, 0) is 19.0 Å². The van der Waals surface area contributed by atoms with Crippen molar-refractivity contribution in [3.8, 4) is 6.01 Å². The third kappa shape index (κ3) is 5.33. The van der Waals surface area contributed by atoms with E-state index in [2.05, 4.69) is 15.3 Å². The van der Waals surface area contributed by atoms with Crippen molar-refractivity contribution in [2.24, 2.45) is 0 Å². The molecule has 0 saturated carbocycles. The summed E-state index contributed by atoms with van der Waals surface area (Å²) in [5.41, 5.74) is -1.29. The Kier molecular flexibility index (Phi) is 8.03. The Hall–Kier alpha value is -2.99. The highest BCUT2D eigenvalue weighted by Gasteiger charge is 2.35. The number of carbonyl (C=O) groups is 1. The number of anilines is 1. The van der Waals surface area contributed by atoms with Crippen molar-refractivity contribution in [3.05, 3.63) is 46.4 Å². The molecule has 1 saturated heterocycles. The number of benzene rings is 1. The van der Waals surface area contributed by atoms with Crippen LogP contribution in [-0.4, -0.2) is 42.9 Å². The standard InChI is InChI=1S/C21H23F4N3O5/c1-4-31-19(29)15(23)16-13(20-32-8-9-33-20)18(28-21(27-16)30-3)26-10(2)11-6-5-7-12(14(11)22)17(24)25/h5-7,10,15,17,20H,4,8-9H2,1-3H3,(H,26,27,28). The zero-order valence-electron chi connectivity index (χ0n) is 18.1. The lowest BCUT2D eigenvalue weighted by molar-refractivity contribution is -0.149. The second-order valence-corrected chi connectivity index (χ2v) is 6.96. The van der Waals surface area contributed by atoms with Crippen LogP contribution in [0.2, 0.25) is 0 Å². The largest absolute Gasteiger partial charge is 0.467 e. The van der Waals surface area contributed by atoms with Gasteiger partial charge in [-0.15, -0.1) is 0 Å². The number of methoxy groups -OCH3 is 1. The molecule has 1 aliphatic rings. The van der Waals surface area contributed by atoms with Crippen molar-refractivity contribution in [3.63, 3.8) is 0 Å². The van der Waals surface area contributed by atoms with Crippen molar-refractivity contribution >= 4 is 11.8 Å². The average molecular weight is 473 g/mol. The molecule has 0 aliphatic carbocycles. The van der Waals surface area contributed by atoms with Crippen LogP contribution in [0.5, 0.6) is 6.01 Å². The fraction of sp³-hybridized carbons (Fsp3) is 0.476. The summed E-state index contributed by atoms with van der Waals surface area (Å²) in [6.45, 7) is 3.33. The van der Waals surface area contributed by atoms with E-state index in [-0.39, 0.29) is 42.8 Å². The lowest BCUT2D eigenvalue weighted by Crippen LogP contribution is -2.21. The molecule has 0 radical (unpaired) electrons. The maximum absolute atomic E-state index is 15.1. The van der Waals surface area contributed by atoms with Crippen molar-refractivity contribution in [1.82, 2.24) is 9.97 Å². The van der Waals surface area contributed by atoms with Crippen LogP contribution in [0.25, 0.3) is 0 Å². The van der Waals surface area contributed by atoms with E-state index in [1.165, 1.54) is 33.1 Å². The summed E-state index contributed by atoms with van der Waals surface area (Å²) in [7, 11) is 1.23. The number of aromatic nitrogens is 2. The predicted molar refractivity (Wildman–Crippen MR) is 107 cm³/mol. The van der Waals surface area contributed by atoms with Crippen molar-refractivity contribution < 1.29 is 41.3 Å². The Morgan fingerprint density at radius 2 is 1.88 bits per heavy atom. The minimum atomic E-state index is -3.00. The summed E-state index contributed by atoms with van der Waals surface area (Å²) in [6.07, 6.45) is -6.46. The molecule has 1 aromatic carbocycles.